The van der Waals surface area contributed by atoms with Crippen LogP contribution in [0.2, 0.25) is 0 Å². The fourth-order valence-electron chi connectivity index (χ4n) is 1.21. The van der Waals surface area contributed by atoms with E-state index in [2.05, 4.69) is 24.0 Å². The summed E-state index contributed by atoms with van der Waals surface area (Å²) in [5.74, 6) is 0.968. The summed E-state index contributed by atoms with van der Waals surface area (Å²) in [5, 5.41) is 0. The molecule has 0 saturated heterocycles. The second kappa shape index (κ2) is 34.9. The number of aromatic nitrogens is 1. The predicted molar refractivity (Wildman–Crippen MR) is 124 cm³/mol. The molecule has 2 nitrogen and oxygen atoms in total. The summed E-state index contributed by atoms with van der Waals surface area (Å²) in [6, 6.07) is 19.8. The van der Waals surface area contributed by atoms with Gasteiger partial charge in [-0.05, 0) is 38.1 Å². The smallest absolute Gasteiger partial charge is 0.100 e. The first-order valence-electron chi connectivity index (χ1n) is 10.2. The molecular weight excluding hydrogens is 330 g/mol. The molecule has 0 amide bonds. The average molecular weight is 374 g/mol. The summed E-state index contributed by atoms with van der Waals surface area (Å²) >= 11 is 0. The molecule has 154 valence electrons. The average Bonchev–Trinajstić information content (AvgIpc) is 3.27. The van der Waals surface area contributed by atoms with Crippen LogP contribution in [0, 0.1) is 13.8 Å². The highest BCUT2D eigenvalue weighted by molar-refractivity contribution is 5.11. The first-order chi connectivity index (χ1) is 13.3. The quantitative estimate of drug-likeness (QED) is 0.393. The minimum absolute atomic E-state index is 0.968. The molecule has 0 spiro atoms. The number of pyridine rings is 1. The standard InChI is InChI=1S/C7H8.C5H5N.C5H6O.4C2H6/c1-7-5-3-2-4-6-7;1-2-4-6-5-3-1;1-5-3-2-4-6-5;4*1-2/h2-6H,1H3;1-5H;2-4H,1H3;4*1-2H3. The van der Waals surface area contributed by atoms with Gasteiger partial charge in [-0.15, -0.1) is 0 Å². The largest absolute Gasteiger partial charge is 0.470 e. The summed E-state index contributed by atoms with van der Waals surface area (Å²) in [7, 11) is 0. The minimum Gasteiger partial charge on any atom is -0.470 e. The maximum atomic E-state index is 4.83. The molecule has 0 bridgehead atoms. The van der Waals surface area contributed by atoms with E-state index in [0.29, 0.717) is 0 Å². The Morgan fingerprint density at radius 2 is 1.00 bits per heavy atom. The summed E-state index contributed by atoms with van der Waals surface area (Å²) in [6.45, 7) is 20.0. The SMILES string of the molecule is CC.CC.CC.CC.Cc1ccccc1.Cc1ccco1.c1ccncc1. The Kier molecular flexibility index (Phi) is 41.8. The van der Waals surface area contributed by atoms with Crippen LogP contribution in [0.15, 0.2) is 83.7 Å². The second-order valence-corrected chi connectivity index (χ2v) is 3.90. The van der Waals surface area contributed by atoms with E-state index in [1.165, 1.54) is 5.56 Å². The summed E-state index contributed by atoms with van der Waals surface area (Å²) in [6.07, 6.45) is 5.16. The summed E-state index contributed by atoms with van der Waals surface area (Å²) < 4.78 is 4.83. The third-order valence-electron chi connectivity index (χ3n) is 2.17. The fraction of sp³-hybridized carbons (Fsp3) is 0.400. The Morgan fingerprint density at radius 1 is 0.556 bits per heavy atom. The molecular formula is C25H43NO. The number of hydrogen-bond donors (Lipinski definition) is 0. The maximum absolute atomic E-state index is 4.83. The highest BCUT2D eigenvalue weighted by atomic mass is 16.3. The van der Waals surface area contributed by atoms with Gasteiger partial charge in [-0.3, -0.25) is 4.98 Å². The van der Waals surface area contributed by atoms with Gasteiger partial charge in [0.25, 0.3) is 0 Å². The number of aryl methyl sites for hydroxylation is 2. The second-order valence-electron chi connectivity index (χ2n) is 3.90. The molecule has 2 heteroatoms. The Balaban J connectivity index is -0.000000124. The normalized spacial score (nSPS) is 6.89. The van der Waals surface area contributed by atoms with Crippen molar-refractivity contribution in [3.05, 3.63) is 90.6 Å². The van der Waals surface area contributed by atoms with Gasteiger partial charge in [0.1, 0.15) is 5.76 Å². The first kappa shape index (κ1) is 32.3. The van der Waals surface area contributed by atoms with Gasteiger partial charge >= 0.3 is 0 Å². The summed E-state index contributed by atoms with van der Waals surface area (Å²) in [5.41, 5.74) is 1.32. The lowest BCUT2D eigenvalue weighted by atomic mass is 10.2. The molecule has 0 aliphatic heterocycles. The van der Waals surface area contributed by atoms with Crippen molar-refractivity contribution in [3.63, 3.8) is 0 Å². The van der Waals surface area contributed by atoms with Gasteiger partial charge in [-0.1, -0.05) is 97.4 Å². The van der Waals surface area contributed by atoms with E-state index < -0.39 is 0 Å². The molecule has 3 rings (SSSR count). The lowest BCUT2D eigenvalue weighted by Gasteiger charge is -1.82. The van der Waals surface area contributed by atoms with Gasteiger partial charge in [0.2, 0.25) is 0 Å². The molecule has 0 fully saturated rings. The lowest BCUT2D eigenvalue weighted by Crippen LogP contribution is -1.62. The zero-order chi connectivity index (χ0) is 21.8. The van der Waals surface area contributed by atoms with Gasteiger partial charge in [0.15, 0.2) is 0 Å². The third-order valence-corrected chi connectivity index (χ3v) is 2.17. The topological polar surface area (TPSA) is 26.0 Å². The van der Waals surface area contributed by atoms with Crippen LogP contribution in [0.3, 0.4) is 0 Å². The van der Waals surface area contributed by atoms with E-state index in [-0.39, 0.29) is 0 Å². The molecule has 27 heavy (non-hydrogen) atoms. The molecule has 3 aromatic rings. The van der Waals surface area contributed by atoms with Crippen LogP contribution in [0.25, 0.3) is 0 Å². The number of rotatable bonds is 0. The molecule has 0 aliphatic carbocycles. The maximum Gasteiger partial charge on any atom is 0.100 e. The van der Waals surface area contributed by atoms with E-state index in [9.17, 15) is 0 Å². The van der Waals surface area contributed by atoms with Crippen LogP contribution in [-0.2, 0) is 0 Å². The van der Waals surface area contributed by atoms with E-state index in [1.54, 1.807) is 18.7 Å². The summed E-state index contributed by atoms with van der Waals surface area (Å²) in [4.78, 5) is 3.78. The van der Waals surface area contributed by atoms with E-state index in [0.717, 1.165) is 5.76 Å². The van der Waals surface area contributed by atoms with Gasteiger partial charge < -0.3 is 4.42 Å². The highest BCUT2D eigenvalue weighted by Crippen LogP contribution is 1.93. The van der Waals surface area contributed by atoms with Crippen LogP contribution < -0.4 is 0 Å². The zero-order valence-corrected chi connectivity index (χ0v) is 19.4. The predicted octanol–water partition coefficient (Wildman–Crippen LogP) is 8.77. The highest BCUT2D eigenvalue weighted by Gasteiger charge is 1.76. The zero-order valence-electron chi connectivity index (χ0n) is 19.4. The van der Waals surface area contributed by atoms with Crippen molar-refractivity contribution in [2.24, 2.45) is 0 Å². The van der Waals surface area contributed by atoms with Crippen LogP contribution in [-0.4, -0.2) is 4.98 Å². The van der Waals surface area contributed by atoms with Gasteiger partial charge in [-0.25, -0.2) is 0 Å². The van der Waals surface area contributed by atoms with E-state index in [4.69, 9.17) is 4.42 Å². The minimum atomic E-state index is 0.968. The van der Waals surface area contributed by atoms with Crippen molar-refractivity contribution in [1.29, 1.82) is 0 Å². The van der Waals surface area contributed by atoms with Crippen LogP contribution in [0.5, 0.6) is 0 Å². The first-order valence-corrected chi connectivity index (χ1v) is 10.2. The van der Waals surface area contributed by atoms with Crippen LogP contribution >= 0.6 is 0 Å². The van der Waals surface area contributed by atoms with Crippen molar-refractivity contribution in [2.45, 2.75) is 69.2 Å². The Hall–Kier alpha value is -2.35. The van der Waals surface area contributed by atoms with Gasteiger partial charge in [-0.2, -0.15) is 0 Å². The van der Waals surface area contributed by atoms with Crippen LogP contribution in [0.4, 0.5) is 0 Å². The molecule has 0 N–H and O–H groups in total. The monoisotopic (exact) mass is 373 g/mol. The van der Waals surface area contributed by atoms with E-state index >= 15 is 0 Å². The number of benzene rings is 1. The Labute approximate surface area is 169 Å². The van der Waals surface area contributed by atoms with Crippen molar-refractivity contribution < 1.29 is 4.42 Å². The molecule has 0 unspecified atom stereocenters. The Bertz CT molecular complexity index is 478. The fourth-order valence-corrected chi connectivity index (χ4v) is 1.21. The number of hydrogen-bond acceptors (Lipinski definition) is 2. The molecule has 0 radical (unpaired) electrons. The molecule has 0 saturated carbocycles. The van der Waals surface area contributed by atoms with Crippen molar-refractivity contribution in [3.8, 4) is 0 Å². The van der Waals surface area contributed by atoms with Gasteiger partial charge in [0, 0.05) is 12.4 Å². The Morgan fingerprint density at radius 3 is 1.15 bits per heavy atom. The van der Waals surface area contributed by atoms with E-state index in [1.807, 2.05) is 111 Å². The molecule has 1 aromatic carbocycles. The lowest BCUT2D eigenvalue weighted by molar-refractivity contribution is 0.534. The number of nitrogens with zero attached hydrogens (tertiary/aromatic N) is 1. The van der Waals surface area contributed by atoms with Crippen molar-refractivity contribution >= 4 is 0 Å². The molecule has 2 aromatic heterocycles. The van der Waals surface area contributed by atoms with Gasteiger partial charge in [0.05, 0.1) is 6.26 Å². The molecule has 0 aliphatic rings. The molecule has 0 atom stereocenters. The van der Waals surface area contributed by atoms with Crippen LogP contribution in [0.1, 0.15) is 66.7 Å². The molecule has 2 heterocycles. The number of furan rings is 1. The third kappa shape index (κ3) is 31.9. The van der Waals surface area contributed by atoms with Crippen molar-refractivity contribution in [1.82, 2.24) is 4.98 Å². The van der Waals surface area contributed by atoms with Crippen molar-refractivity contribution in [2.75, 3.05) is 0 Å².